The van der Waals surface area contributed by atoms with Crippen molar-refractivity contribution in [2.75, 3.05) is 0 Å². The van der Waals surface area contributed by atoms with E-state index in [1.807, 2.05) is 0 Å². The van der Waals surface area contributed by atoms with Crippen LogP contribution in [0.5, 0.6) is 0 Å². The lowest BCUT2D eigenvalue weighted by molar-refractivity contribution is 0.0696. The molecule has 4 nitrogen and oxygen atoms in total. The first-order valence-corrected chi connectivity index (χ1v) is 7.59. The van der Waals surface area contributed by atoms with Gasteiger partial charge in [0, 0.05) is 18.8 Å². The number of carboxylic acids is 1. The Bertz CT molecular complexity index is 490. The first kappa shape index (κ1) is 16.0. The maximum absolute atomic E-state index is 10.8. The van der Waals surface area contributed by atoms with E-state index in [0.717, 1.165) is 5.69 Å². The Morgan fingerprint density at radius 2 is 1.90 bits per heavy atom. The van der Waals surface area contributed by atoms with E-state index in [4.69, 9.17) is 5.11 Å². The number of hydrogen-bond donors (Lipinski definition) is 2. The number of pyridine rings is 1. The van der Waals surface area contributed by atoms with Gasteiger partial charge in [0.25, 0.3) is 0 Å². The van der Waals surface area contributed by atoms with Gasteiger partial charge in [-0.05, 0) is 42.2 Å². The van der Waals surface area contributed by atoms with Crippen LogP contribution in [0.2, 0.25) is 0 Å². The van der Waals surface area contributed by atoms with E-state index in [9.17, 15) is 4.79 Å². The van der Waals surface area contributed by atoms with Gasteiger partial charge >= 0.3 is 5.97 Å². The number of carbonyl (C=O) groups is 1. The van der Waals surface area contributed by atoms with Crippen LogP contribution in [0.4, 0.5) is 0 Å². The minimum absolute atomic E-state index is 0.235. The van der Waals surface area contributed by atoms with Crippen molar-refractivity contribution in [1.82, 2.24) is 10.3 Å². The lowest BCUT2D eigenvalue weighted by Gasteiger charge is -2.45. The summed E-state index contributed by atoms with van der Waals surface area (Å²) in [5.74, 6) is -0.933. The summed E-state index contributed by atoms with van der Waals surface area (Å²) in [4.78, 5) is 15.0. The quantitative estimate of drug-likeness (QED) is 0.891. The van der Waals surface area contributed by atoms with Crippen LogP contribution >= 0.6 is 0 Å². The SMILES string of the molecule is CC1(C)CC(NCc2ccc(C(=O)O)cn2)CC(C)(C)C1. The van der Waals surface area contributed by atoms with E-state index in [2.05, 4.69) is 38.0 Å². The molecule has 116 valence electrons. The zero-order chi connectivity index (χ0) is 15.7. The molecule has 1 fully saturated rings. The maximum Gasteiger partial charge on any atom is 0.337 e. The third kappa shape index (κ3) is 4.53. The monoisotopic (exact) mass is 290 g/mol. The number of aromatic carboxylic acids is 1. The topological polar surface area (TPSA) is 62.2 Å². The van der Waals surface area contributed by atoms with Crippen LogP contribution in [0.15, 0.2) is 18.3 Å². The molecule has 0 bridgehead atoms. The lowest BCUT2D eigenvalue weighted by Crippen LogP contribution is -2.43. The van der Waals surface area contributed by atoms with Gasteiger partial charge in [0.05, 0.1) is 11.3 Å². The maximum atomic E-state index is 10.8. The highest BCUT2D eigenvalue weighted by Gasteiger charge is 2.38. The number of aromatic nitrogens is 1. The molecule has 0 aliphatic heterocycles. The van der Waals surface area contributed by atoms with Crippen molar-refractivity contribution >= 4 is 5.97 Å². The summed E-state index contributed by atoms with van der Waals surface area (Å²) in [5, 5.41) is 12.5. The van der Waals surface area contributed by atoms with E-state index in [0.29, 0.717) is 23.4 Å². The first-order chi connectivity index (χ1) is 9.67. The number of hydrogen-bond acceptors (Lipinski definition) is 3. The molecule has 1 aliphatic rings. The van der Waals surface area contributed by atoms with Crippen molar-refractivity contribution in [1.29, 1.82) is 0 Å². The molecule has 1 aromatic heterocycles. The molecule has 0 radical (unpaired) electrons. The van der Waals surface area contributed by atoms with Crippen LogP contribution in [-0.4, -0.2) is 22.1 Å². The highest BCUT2D eigenvalue weighted by molar-refractivity contribution is 5.87. The molecule has 0 unspecified atom stereocenters. The van der Waals surface area contributed by atoms with Crippen LogP contribution < -0.4 is 5.32 Å². The van der Waals surface area contributed by atoms with E-state index in [-0.39, 0.29) is 5.56 Å². The normalized spacial score (nSPS) is 21.1. The molecule has 0 atom stereocenters. The van der Waals surface area contributed by atoms with Gasteiger partial charge in [0.2, 0.25) is 0 Å². The molecule has 0 spiro atoms. The van der Waals surface area contributed by atoms with Crippen molar-refractivity contribution in [2.45, 2.75) is 59.5 Å². The van der Waals surface area contributed by atoms with E-state index < -0.39 is 5.97 Å². The van der Waals surface area contributed by atoms with Gasteiger partial charge in [-0.25, -0.2) is 4.79 Å². The third-order valence-corrected chi connectivity index (χ3v) is 4.20. The second-order valence-corrected chi connectivity index (χ2v) is 7.83. The average Bonchev–Trinajstić information content (AvgIpc) is 2.33. The smallest absolute Gasteiger partial charge is 0.337 e. The van der Waals surface area contributed by atoms with Gasteiger partial charge in [0.15, 0.2) is 0 Å². The minimum Gasteiger partial charge on any atom is -0.478 e. The van der Waals surface area contributed by atoms with Crippen LogP contribution in [0, 0.1) is 10.8 Å². The molecule has 1 saturated carbocycles. The van der Waals surface area contributed by atoms with Crippen molar-refractivity contribution in [2.24, 2.45) is 10.8 Å². The van der Waals surface area contributed by atoms with Gasteiger partial charge in [-0.1, -0.05) is 27.7 Å². The van der Waals surface area contributed by atoms with Crippen LogP contribution in [-0.2, 0) is 6.54 Å². The molecule has 0 amide bonds. The fraction of sp³-hybridized carbons (Fsp3) is 0.647. The number of nitrogens with zero attached hydrogens (tertiary/aromatic N) is 1. The minimum atomic E-state index is -0.933. The molecule has 1 aromatic rings. The molecule has 2 rings (SSSR count). The van der Waals surface area contributed by atoms with Crippen LogP contribution in [0.25, 0.3) is 0 Å². The standard InChI is InChI=1S/C17H26N2O2/c1-16(2)7-14(8-17(3,4)11-16)19-10-13-6-5-12(9-18-13)15(20)21/h5-6,9,14,19H,7-8,10-11H2,1-4H3,(H,20,21). The Kier molecular flexibility index (Phi) is 4.38. The number of nitrogens with one attached hydrogen (secondary N) is 1. The molecule has 21 heavy (non-hydrogen) atoms. The van der Waals surface area contributed by atoms with Gasteiger partial charge in [0.1, 0.15) is 0 Å². The predicted octanol–water partition coefficient (Wildman–Crippen LogP) is 3.47. The summed E-state index contributed by atoms with van der Waals surface area (Å²) in [6.07, 6.45) is 5.02. The van der Waals surface area contributed by atoms with Gasteiger partial charge in [-0.3, -0.25) is 4.98 Å². The largest absolute Gasteiger partial charge is 0.478 e. The molecule has 0 aromatic carbocycles. The third-order valence-electron chi connectivity index (χ3n) is 4.20. The second-order valence-electron chi connectivity index (χ2n) is 7.83. The fourth-order valence-electron chi connectivity index (χ4n) is 3.89. The highest BCUT2D eigenvalue weighted by atomic mass is 16.4. The molecule has 1 aliphatic carbocycles. The van der Waals surface area contributed by atoms with E-state index in [1.165, 1.54) is 25.5 Å². The Hall–Kier alpha value is -1.42. The predicted molar refractivity (Wildman–Crippen MR) is 83.2 cm³/mol. The van der Waals surface area contributed by atoms with Crippen molar-refractivity contribution in [3.05, 3.63) is 29.6 Å². The summed E-state index contributed by atoms with van der Waals surface area (Å²) in [6, 6.07) is 3.89. The number of carboxylic acid groups (broad SMARTS) is 1. The fourth-order valence-corrected chi connectivity index (χ4v) is 3.89. The summed E-state index contributed by atoms with van der Waals surface area (Å²) >= 11 is 0. The summed E-state index contributed by atoms with van der Waals surface area (Å²) < 4.78 is 0. The molecule has 0 saturated heterocycles. The molecule has 4 heteroatoms. The zero-order valence-electron chi connectivity index (χ0n) is 13.4. The Labute approximate surface area is 127 Å². The highest BCUT2D eigenvalue weighted by Crippen LogP contribution is 2.45. The van der Waals surface area contributed by atoms with Crippen molar-refractivity contribution in [3.63, 3.8) is 0 Å². The molecule has 2 N–H and O–H groups in total. The van der Waals surface area contributed by atoms with Crippen LogP contribution in [0.1, 0.15) is 63.0 Å². The van der Waals surface area contributed by atoms with Gasteiger partial charge < -0.3 is 10.4 Å². The Morgan fingerprint density at radius 1 is 1.29 bits per heavy atom. The Balaban J connectivity index is 1.94. The number of rotatable bonds is 4. The summed E-state index contributed by atoms with van der Waals surface area (Å²) in [6.45, 7) is 10.0. The second kappa shape index (κ2) is 5.76. The summed E-state index contributed by atoms with van der Waals surface area (Å²) in [5.41, 5.74) is 1.85. The summed E-state index contributed by atoms with van der Waals surface area (Å²) in [7, 11) is 0. The van der Waals surface area contributed by atoms with Crippen molar-refractivity contribution < 1.29 is 9.90 Å². The first-order valence-electron chi connectivity index (χ1n) is 7.59. The van der Waals surface area contributed by atoms with Gasteiger partial charge in [-0.15, -0.1) is 0 Å². The molecular weight excluding hydrogens is 264 g/mol. The van der Waals surface area contributed by atoms with E-state index >= 15 is 0 Å². The van der Waals surface area contributed by atoms with Crippen LogP contribution in [0.3, 0.4) is 0 Å². The Morgan fingerprint density at radius 3 is 2.38 bits per heavy atom. The van der Waals surface area contributed by atoms with E-state index in [1.54, 1.807) is 12.1 Å². The van der Waals surface area contributed by atoms with Gasteiger partial charge in [-0.2, -0.15) is 0 Å². The average molecular weight is 290 g/mol. The van der Waals surface area contributed by atoms with Crippen molar-refractivity contribution in [3.8, 4) is 0 Å². The molecular formula is C17H26N2O2. The molecule has 1 heterocycles. The lowest BCUT2D eigenvalue weighted by atomic mass is 9.63. The zero-order valence-corrected chi connectivity index (χ0v) is 13.4.